The van der Waals surface area contributed by atoms with Gasteiger partial charge in [0.15, 0.2) is 28.5 Å². The molecular formula is C42H43N5O9S. The number of aromatic nitrogens is 1. The maximum atomic E-state index is 15.5. The number of nitriles is 1. The lowest BCUT2D eigenvalue weighted by molar-refractivity contribution is -0.177. The fourth-order valence-corrected chi connectivity index (χ4v) is 12.4. The lowest BCUT2D eigenvalue weighted by atomic mass is 9.70. The molecule has 2 fully saturated rings. The Kier molecular flexibility index (Phi) is 8.06. The van der Waals surface area contributed by atoms with Crippen LogP contribution in [0, 0.1) is 25.2 Å². The van der Waals surface area contributed by atoms with E-state index in [0.717, 1.165) is 33.3 Å². The number of piperazine rings is 1. The van der Waals surface area contributed by atoms with Gasteiger partial charge in [-0.25, -0.2) is 4.79 Å². The SMILES string of the molecule is CC[C@H]1c2c3c(c(C)c(OC(C)=O)c2[C@]2(OC(=O)[C@]4(CS2)NCCc2c4[nH]c4ccc(OC)cc24)[C@H]2C4NC(Cc5cc(C)c(OC)c(O)c54)[C@H](C#N)N12)OCO3. The molecule has 2 unspecified atom stereocenters. The van der Waals surface area contributed by atoms with E-state index in [4.69, 9.17) is 28.4 Å². The largest absolute Gasteiger partial charge is 0.504 e. The van der Waals surface area contributed by atoms with Crippen molar-refractivity contribution in [3.05, 3.63) is 68.9 Å². The third-order valence-corrected chi connectivity index (χ3v) is 14.5. The first kappa shape index (κ1) is 36.2. The predicted molar refractivity (Wildman–Crippen MR) is 208 cm³/mol. The lowest BCUT2D eigenvalue weighted by Crippen LogP contribution is -2.74. The van der Waals surface area contributed by atoms with Crippen molar-refractivity contribution < 1.29 is 43.1 Å². The van der Waals surface area contributed by atoms with E-state index >= 15 is 4.79 Å². The van der Waals surface area contributed by atoms with Crippen LogP contribution in [0.15, 0.2) is 24.3 Å². The third kappa shape index (κ3) is 4.69. The van der Waals surface area contributed by atoms with Gasteiger partial charge in [0.25, 0.3) is 0 Å². The highest BCUT2D eigenvalue weighted by Crippen LogP contribution is 2.67. The predicted octanol–water partition coefficient (Wildman–Crippen LogP) is 4.94. The molecule has 2 spiro atoms. The molecule has 0 aliphatic carbocycles. The summed E-state index contributed by atoms with van der Waals surface area (Å²) in [6.45, 7) is 7.53. The number of nitrogens with zero attached hydrogens (tertiary/aromatic N) is 2. The number of H-pyrrole nitrogens is 1. The van der Waals surface area contributed by atoms with Crippen molar-refractivity contribution in [2.45, 2.75) is 87.6 Å². The summed E-state index contributed by atoms with van der Waals surface area (Å²) >= 11 is 1.42. The molecule has 6 aliphatic rings. The zero-order chi connectivity index (χ0) is 39.7. The van der Waals surface area contributed by atoms with Crippen LogP contribution >= 0.6 is 11.8 Å². The summed E-state index contributed by atoms with van der Waals surface area (Å²) < 4.78 is 37.0. The Morgan fingerprint density at radius 2 is 1.95 bits per heavy atom. The number of ether oxygens (including phenoxy) is 6. The minimum absolute atomic E-state index is 0.00872. The van der Waals surface area contributed by atoms with E-state index in [1.807, 2.05) is 38.1 Å². The van der Waals surface area contributed by atoms with Crippen LogP contribution in [-0.2, 0) is 37.6 Å². The van der Waals surface area contributed by atoms with E-state index < -0.39 is 46.6 Å². The van der Waals surface area contributed by atoms with Crippen LogP contribution in [0.25, 0.3) is 10.9 Å². The van der Waals surface area contributed by atoms with E-state index in [9.17, 15) is 15.2 Å². The number of aromatic amines is 1. The minimum Gasteiger partial charge on any atom is -0.504 e. The van der Waals surface area contributed by atoms with Gasteiger partial charge in [-0.2, -0.15) is 5.26 Å². The monoisotopic (exact) mass is 793 g/mol. The van der Waals surface area contributed by atoms with Crippen molar-refractivity contribution in [1.82, 2.24) is 20.5 Å². The number of aromatic hydroxyl groups is 1. The summed E-state index contributed by atoms with van der Waals surface area (Å²) in [7, 11) is 3.16. The number of methoxy groups -OCH3 is 2. The van der Waals surface area contributed by atoms with E-state index in [2.05, 4.69) is 26.6 Å². The Labute approximate surface area is 333 Å². The Balaban J connectivity index is 1.25. The highest BCUT2D eigenvalue weighted by Gasteiger charge is 2.69. The number of thioether (sulfide) groups is 1. The van der Waals surface area contributed by atoms with Gasteiger partial charge in [-0.3, -0.25) is 15.0 Å². The standard InChI is InChI=1S/C42H43N5O9S/c1-7-27-30-31(35(55-20(4)48)19(3)36-37(30)54-17-53-36)42(39-32-29-21(12-18(2)34(52-6)33(29)49)13-26(45-32)28(15-43)47(27)39)56-40(50)41(16-57-42)38-23(10-11-44-41)24-14-22(51-5)8-9-25(24)46-38/h8-9,12,14,26-28,32,39,44-46,49H,7,10-11,13,16-17H2,1-6H3/t26?,27-,28-,32?,39+,41+,42+/m0/s1. The van der Waals surface area contributed by atoms with Crippen molar-refractivity contribution >= 4 is 34.6 Å². The Bertz CT molecular complexity index is 2480. The van der Waals surface area contributed by atoms with Crippen LogP contribution < -0.4 is 34.3 Å². The summed E-state index contributed by atoms with van der Waals surface area (Å²) in [5.41, 5.74) is 5.27. The van der Waals surface area contributed by atoms with Gasteiger partial charge >= 0.3 is 11.9 Å². The van der Waals surface area contributed by atoms with Gasteiger partial charge < -0.3 is 43.8 Å². The molecule has 10 rings (SSSR count). The van der Waals surface area contributed by atoms with Crippen molar-refractivity contribution in [3.8, 4) is 40.6 Å². The maximum Gasteiger partial charge on any atom is 0.335 e. The topological polar surface area (TPSA) is 177 Å². The molecule has 0 amide bonds. The van der Waals surface area contributed by atoms with Gasteiger partial charge in [-0.15, -0.1) is 11.8 Å². The first-order valence-corrected chi connectivity index (χ1v) is 20.3. The van der Waals surface area contributed by atoms with Crippen LogP contribution in [0.4, 0.5) is 0 Å². The Morgan fingerprint density at radius 3 is 2.67 bits per heavy atom. The summed E-state index contributed by atoms with van der Waals surface area (Å²) in [4.78, 5) is 32.7. The second-order valence-corrected chi connectivity index (χ2v) is 16.9. The minimum atomic E-state index is -1.62. The number of rotatable bonds is 4. The highest BCUT2D eigenvalue weighted by atomic mass is 32.2. The van der Waals surface area contributed by atoms with Crippen molar-refractivity contribution in [3.63, 3.8) is 0 Å². The van der Waals surface area contributed by atoms with Crippen LogP contribution in [0.1, 0.15) is 77.0 Å². The molecule has 0 saturated carbocycles. The summed E-state index contributed by atoms with van der Waals surface area (Å²) in [5, 5.41) is 31.5. The van der Waals surface area contributed by atoms with Crippen molar-refractivity contribution in [1.29, 1.82) is 5.26 Å². The quantitative estimate of drug-likeness (QED) is 0.161. The molecule has 0 radical (unpaired) electrons. The van der Waals surface area contributed by atoms with E-state index in [1.54, 1.807) is 14.0 Å². The van der Waals surface area contributed by atoms with Crippen molar-refractivity contribution in [2.24, 2.45) is 0 Å². The smallest absolute Gasteiger partial charge is 0.335 e. The zero-order valence-electron chi connectivity index (χ0n) is 32.5. The third-order valence-electron chi connectivity index (χ3n) is 12.9. The summed E-state index contributed by atoms with van der Waals surface area (Å²) in [5.74, 6) is 1.32. The second kappa shape index (κ2) is 12.7. The number of carbonyl (C=O) groups is 2. The number of aryl methyl sites for hydroxylation is 1. The lowest BCUT2D eigenvalue weighted by Gasteiger charge is -2.63. The normalized spacial score (nSPS) is 29.2. The molecule has 4 aromatic rings. The van der Waals surface area contributed by atoms with E-state index in [0.29, 0.717) is 71.1 Å². The number of hydrogen-bond donors (Lipinski definition) is 4. The van der Waals surface area contributed by atoms with Gasteiger partial charge in [-0.05, 0) is 68.0 Å². The first-order chi connectivity index (χ1) is 27.5. The molecule has 296 valence electrons. The molecule has 7 heterocycles. The second-order valence-electron chi connectivity index (χ2n) is 15.7. The first-order valence-electron chi connectivity index (χ1n) is 19.3. The number of esters is 2. The molecule has 1 aromatic heterocycles. The van der Waals surface area contributed by atoms with Gasteiger partial charge in [0.05, 0.1) is 43.6 Å². The fourth-order valence-electron chi connectivity index (χ4n) is 10.7. The average Bonchev–Trinajstić information content (AvgIpc) is 3.84. The number of phenolic OH excluding ortho intramolecular Hbond substituents is 1. The summed E-state index contributed by atoms with van der Waals surface area (Å²) in [6, 6.07) is 7.50. The van der Waals surface area contributed by atoms with Crippen molar-refractivity contribution in [2.75, 3.05) is 33.3 Å². The van der Waals surface area contributed by atoms with Crippen LogP contribution in [0.3, 0.4) is 0 Å². The molecule has 3 aromatic carbocycles. The summed E-state index contributed by atoms with van der Waals surface area (Å²) in [6.07, 6.45) is 1.68. The number of fused-ring (bicyclic) bond motifs is 15. The van der Waals surface area contributed by atoms with E-state index in [-0.39, 0.29) is 30.1 Å². The average molecular weight is 794 g/mol. The Hall–Kier alpha value is -5.14. The molecule has 7 atom stereocenters. The number of phenols is 1. The highest BCUT2D eigenvalue weighted by molar-refractivity contribution is 8.00. The van der Waals surface area contributed by atoms with E-state index in [1.165, 1.54) is 25.8 Å². The maximum absolute atomic E-state index is 15.5. The number of hydrogen-bond acceptors (Lipinski definition) is 14. The number of carbonyl (C=O) groups excluding carboxylic acids is 2. The van der Waals surface area contributed by atoms with Crippen LogP contribution in [0.2, 0.25) is 0 Å². The zero-order valence-corrected chi connectivity index (χ0v) is 33.3. The molecule has 2 bridgehead atoms. The molecule has 57 heavy (non-hydrogen) atoms. The molecule has 14 nitrogen and oxygen atoms in total. The molecule has 15 heteroatoms. The van der Waals surface area contributed by atoms with Gasteiger partial charge in [0.1, 0.15) is 17.5 Å². The molecule has 6 aliphatic heterocycles. The number of nitrogens with one attached hydrogen (secondary N) is 3. The van der Waals surface area contributed by atoms with Gasteiger partial charge in [0.2, 0.25) is 11.7 Å². The van der Waals surface area contributed by atoms with Crippen LogP contribution in [-0.4, -0.2) is 78.4 Å². The van der Waals surface area contributed by atoms with Gasteiger partial charge in [0, 0.05) is 58.9 Å². The molecule has 2 saturated heterocycles. The number of benzene rings is 3. The van der Waals surface area contributed by atoms with Gasteiger partial charge in [-0.1, -0.05) is 13.0 Å². The van der Waals surface area contributed by atoms with Crippen LogP contribution in [0.5, 0.6) is 34.5 Å². The Morgan fingerprint density at radius 1 is 1.14 bits per heavy atom. The molecular weight excluding hydrogens is 751 g/mol. The molecule has 4 N–H and O–H groups in total. The fraction of sp³-hybridized carbons (Fsp3) is 0.452.